The van der Waals surface area contributed by atoms with Gasteiger partial charge in [0.1, 0.15) is 17.4 Å². The molecule has 164 valence electrons. The molecule has 1 saturated heterocycles. The Bertz CT molecular complexity index is 1310. The van der Waals surface area contributed by atoms with Crippen molar-refractivity contribution in [1.29, 1.82) is 0 Å². The summed E-state index contributed by atoms with van der Waals surface area (Å²) in [4.78, 5) is 48.2. The molecule has 1 aromatic heterocycles. The van der Waals surface area contributed by atoms with Gasteiger partial charge in [-0.15, -0.1) is 5.10 Å². The maximum atomic E-state index is 13.6. The fraction of sp³-hybridized carbons (Fsp3) is 0.200. The first-order chi connectivity index (χ1) is 15.3. The molecule has 1 aliphatic heterocycles. The van der Waals surface area contributed by atoms with Gasteiger partial charge in [-0.25, -0.2) is 9.18 Å². The quantitative estimate of drug-likeness (QED) is 0.467. The van der Waals surface area contributed by atoms with Crippen molar-refractivity contribution in [2.24, 2.45) is 0 Å². The summed E-state index contributed by atoms with van der Waals surface area (Å²) in [5.74, 6) is -1.48. The van der Waals surface area contributed by atoms with Crippen LogP contribution >= 0.6 is 15.9 Å². The Morgan fingerprint density at radius 3 is 2.78 bits per heavy atom. The van der Waals surface area contributed by atoms with Crippen molar-refractivity contribution in [2.75, 3.05) is 5.32 Å². The van der Waals surface area contributed by atoms with Crippen molar-refractivity contribution in [3.8, 4) is 0 Å². The van der Waals surface area contributed by atoms with Crippen molar-refractivity contribution in [2.45, 2.75) is 25.4 Å². The van der Waals surface area contributed by atoms with Crippen LogP contribution in [0.5, 0.6) is 0 Å². The molecule has 0 spiro atoms. The number of nitrogens with zero attached hydrogens (tertiary/aromatic N) is 3. The second-order valence-corrected chi connectivity index (χ2v) is 7.95. The minimum Gasteiger partial charge on any atom is -0.334 e. The lowest BCUT2D eigenvalue weighted by molar-refractivity contribution is -0.136. The molecular weight excluding hydrogens is 487 g/mol. The van der Waals surface area contributed by atoms with Crippen molar-refractivity contribution < 1.29 is 18.8 Å². The number of carbonyl (C=O) groups is 3. The van der Waals surface area contributed by atoms with Gasteiger partial charge in [0, 0.05) is 18.7 Å². The molecule has 2 aromatic carbocycles. The number of nitrogens with one attached hydrogen (secondary N) is 3. The molecule has 2 heterocycles. The normalized spacial score (nSPS) is 16.0. The van der Waals surface area contributed by atoms with E-state index in [1.54, 1.807) is 18.2 Å². The molecule has 0 aliphatic carbocycles. The highest BCUT2D eigenvalue weighted by molar-refractivity contribution is 9.10. The van der Waals surface area contributed by atoms with E-state index in [9.17, 15) is 23.6 Å². The van der Waals surface area contributed by atoms with Gasteiger partial charge < -0.3 is 10.6 Å². The fourth-order valence-electron chi connectivity index (χ4n) is 3.26. The number of anilines is 1. The van der Waals surface area contributed by atoms with E-state index in [1.807, 2.05) is 0 Å². The maximum absolute atomic E-state index is 13.6. The number of amides is 4. The van der Waals surface area contributed by atoms with E-state index in [1.165, 1.54) is 18.2 Å². The Morgan fingerprint density at radius 1 is 1.22 bits per heavy atom. The van der Waals surface area contributed by atoms with Gasteiger partial charge in [0.15, 0.2) is 0 Å². The van der Waals surface area contributed by atoms with E-state index in [4.69, 9.17) is 0 Å². The van der Waals surface area contributed by atoms with Crippen molar-refractivity contribution in [3.05, 3.63) is 62.6 Å². The third kappa shape index (κ3) is 4.49. The number of fused-ring (bicyclic) bond motifs is 1. The molecule has 1 atom stereocenters. The number of benzene rings is 2. The van der Waals surface area contributed by atoms with Gasteiger partial charge >= 0.3 is 6.03 Å². The van der Waals surface area contributed by atoms with Crippen LogP contribution in [0.4, 0.5) is 14.9 Å². The molecule has 4 rings (SSSR count). The molecule has 1 unspecified atom stereocenters. The van der Waals surface area contributed by atoms with E-state index in [2.05, 4.69) is 42.2 Å². The number of imide groups is 1. The van der Waals surface area contributed by atoms with Crippen LogP contribution in [0, 0.1) is 5.82 Å². The molecule has 4 amide bonds. The number of halogens is 2. The molecular formula is C20H16BrFN6O4. The number of carbonyl (C=O) groups excluding carboxylic acids is 3. The molecule has 0 bridgehead atoms. The molecule has 1 aliphatic rings. The summed E-state index contributed by atoms with van der Waals surface area (Å²) >= 11 is 3.04. The zero-order chi connectivity index (χ0) is 22.8. The van der Waals surface area contributed by atoms with Gasteiger partial charge in [-0.05, 0) is 58.2 Å². The minimum absolute atomic E-state index is 0.113. The van der Waals surface area contributed by atoms with Crippen molar-refractivity contribution >= 4 is 50.4 Å². The lowest BCUT2D eigenvalue weighted by Crippen LogP contribution is -2.45. The van der Waals surface area contributed by atoms with Crippen LogP contribution in [0.25, 0.3) is 10.9 Å². The standard InChI is InChI=1S/C20H16BrFN6O4/c21-13-4-2-11(8-14(13)22)24-20(32)23-9-10-1-3-12-15(7-10)26-27-28(19(12)31)16-5-6-17(29)25-18(16)30/h1-4,7-8,16H,5-6,9H2,(H2,23,24,32)(H,25,29,30). The molecule has 3 aromatic rings. The Hall–Kier alpha value is -3.67. The first-order valence-electron chi connectivity index (χ1n) is 9.53. The number of rotatable bonds is 4. The van der Waals surface area contributed by atoms with Crippen LogP contribution < -0.4 is 21.5 Å². The summed E-state index contributed by atoms with van der Waals surface area (Å²) in [6.07, 6.45) is 0.284. The minimum atomic E-state index is -0.898. The summed E-state index contributed by atoms with van der Waals surface area (Å²) < 4.78 is 14.8. The fourth-order valence-corrected chi connectivity index (χ4v) is 3.51. The summed E-state index contributed by atoms with van der Waals surface area (Å²) in [5.41, 5.74) is 0.746. The Kier molecular flexibility index (Phi) is 5.95. The largest absolute Gasteiger partial charge is 0.334 e. The average Bonchev–Trinajstić information content (AvgIpc) is 2.76. The average molecular weight is 503 g/mol. The van der Waals surface area contributed by atoms with Gasteiger partial charge in [-0.2, -0.15) is 4.68 Å². The lowest BCUT2D eigenvalue weighted by atomic mass is 10.1. The molecule has 10 nitrogen and oxygen atoms in total. The number of aromatic nitrogens is 3. The highest BCUT2D eigenvalue weighted by Crippen LogP contribution is 2.19. The zero-order valence-corrected chi connectivity index (χ0v) is 18.0. The molecule has 0 saturated carbocycles. The van der Waals surface area contributed by atoms with Gasteiger partial charge in [-0.1, -0.05) is 11.3 Å². The van der Waals surface area contributed by atoms with Crippen molar-refractivity contribution in [1.82, 2.24) is 25.6 Å². The summed E-state index contributed by atoms with van der Waals surface area (Å²) in [5, 5.41) is 15.5. The van der Waals surface area contributed by atoms with Crippen LogP contribution in [0.3, 0.4) is 0 Å². The first-order valence-corrected chi connectivity index (χ1v) is 10.3. The van der Waals surface area contributed by atoms with Crippen LogP contribution in [-0.4, -0.2) is 32.8 Å². The smallest absolute Gasteiger partial charge is 0.319 e. The molecule has 3 N–H and O–H groups in total. The zero-order valence-electron chi connectivity index (χ0n) is 16.4. The van der Waals surface area contributed by atoms with Crippen LogP contribution in [0.15, 0.2) is 45.7 Å². The molecule has 32 heavy (non-hydrogen) atoms. The topological polar surface area (TPSA) is 135 Å². The number of hydrogen-bond acceptors (Lipinski definition) is 6. The third-order valence-corrected chi connectivity index (χ3v) is 5.53. The van der Waals surface area contributed by atoms with Gasteiger partial charge in [0.05, 0.1) is 9.86 Å². The summed E-state index contributed by atoms with van der Waals surface area (Å²) in [6.45, 7) is 0.124. The summed E-state index contributed by atoms with van der Waals surface area (Å²) in [6, 6.07) is 7.55. The van der Waals surface area contributed by atoms with E-state index in [0.717, 1.165) is 4.68 Å². The first kappa shape index (κ1) is 21.6. The van der Waals surface area contributed by atoms with E-state index in [0.29, 0.717) is 16.8 Å². The second kappa shape index (κ2) is 8.83. The van der Waals surface area contributed by atoms with Gasteiger partial charge in [0.2, 0.25) is 5.91 Å². The molecule has 1 fully saturated rings. The van der Waals surface area contributed by atoms with E-state index >= 15 is 0 Å². The Balaban J connectivity index is 1.46. The predicted octanol–water partition coefficient (Wildman–Crippen LogP) is 1.99. The Labute approximate surface area is 188 Å². The molecule has 12 heteroatoms. The van der Waals surface area contributed by atoms with Crippen LogP contribution in [-0.2, 0) is 16.1 Å². The summed E-state index contributed by atoms with van der Waals surface area (Å²) in [7, 11) is 0. The highest BCUT2D eigenvalue weighted by Gasteiger charge is 2.30. The van der Waals surface area contributed by atoms with Gasteiger partial charge in [0.25, 0.3) is 11.5 Å². The molecule has 0 radical (unpaired) electrons. The van der Waals surface area contributed by atoms with Gasteiger partial charge in [-0.3, -0.25) is 19.7 Å². The highest BCUT2D eigenvalue weighted by atomic mass is 79.9. The number of urea groups is 1. The lowest BCUT2D eigenvalue weighted by Gasteiger charge is -2.21. The van der Waals surface area contributed by atoms with Crippen molar-refractivity contribution in [3.63, 3.8) is 0 Å². The van der Waals surface area contributed by atoms with E-state index in [-0.39, 0.29) is 35.2 Å². The SMILES string of the molecule is O=C1CCC(n2nnc3cc(CNC(=O)Nc4ccc(Br)c(F)c4)ccc3c2=O)C(=O)N1. The maximum Gasteiger partial charge on any atom is 0.319 e. The monoisotopic (exact) mass is 502 g/mol. The van der Waals surface area contributed by atoms with Crippen LogP contribution in [0.2, 0.25) is 0 Å². The number of piperidine rings is 1. The van der Waals surface area contributed by atoms with Crippen LogP contribution in [0.1, 0.15) is 24.4 Å². The second-order valence-electron chi connectivity index (χ2n) is 7.09. The predicted molar refractivity (Wildman–Crippen MR) is 115 cm³/mol. The number of hydrogen-bond donors (Lipinski definition) is 3. The third-order valence-electron chi connectivity index (χ3n) is 4.89. The Morgan fingerprint density at radius 2 is 2.03 bits per heavy atom. The van der Waals surface area contributed by atoms with E-state index < -0.39 is 29.4 Å².